The number of fused-ring (bicyclic) bond motifs is 1. The Hall–Kier alpha value is -1.57. The van der Waals surface area contributed by atoms with Crippen molar-refractivity contribution in [2.45, 2.75) is 6.42 Å². The van der Waals surface area contributed by atoms with E-state index in [1.807, 2.05) is 18.2 Å². The molecule has 0 aliphatic carbocycles. The van der Waals surface area contributed by atoms with Crippen LogP contribution in [0.1, 0.15) is 15.9 Å². The van der Waals surface area contributed by atoms with Gasteiger partial charge in [0, 0.05) is 5.56 Å². The minimum absolute atomic E-state index is 0.702. The summed E-state index contributed by atoms with van der Waals surface area (Å²) in [4.78, 5) is 10.4. The van der Waals surface area contributed by atoms with Crippen LogP contribution in [-0.4, -0.2) is 6.29 Å². The summed E-state index contributed by atoms with van der Waals surface area (Å²) in [5.41, 5.74) is 1.77. The summed E-state index contributed by atoms with van der Waals surface area (Å²) in [5.74, 6) is 0.850. The Kier molecular flexibility index (Phi) is 1.67. The number of hydrogen-bond acceptors (Lipinski definition) is 2. The van der Waals surface area contributed by atoms with Crippen molar-refractivity contribution in [3.63, 3.8) is 0 Å². The second kappa shape index (κ2) is 2.81. The maximum absolute atomic E-state index is 10.4. The number of hydrogen-bond donors (Lipinski definition) is 0. The molecule has 1 aromatic rings. The lowest BCUT2D eigenvalue weighted by Crippen LogP contribution is -1.96. The third kappa shape index (κ3) is 1.11. The van der Waals surface area contributed by atoms with E-state index in [-0.39, 0.29) is 0 Å². The summed E-state index contributed by atoms with van der Waals surface area (Å²) < 4.78 is 5.23. The summed E-state index contributed by atoms with van der Waals surface area (Å²) in [6.45, 7) is 0. The minimum atomic E-state index is 0.702. The van der Waals surface area contributed by atoms with Crippen molar-refractivity contribution in [1.82, 2.24) is 0 Å². The van der Waals surface area contributed by atoms with Gasteiger partial charge in [-0.15, -0.1) is 0 Å². The highest BCUT2D eigenvalue weighted by Gasteiger charge is 2.05. The zero-order chi connectivity index (χ0) is 8.39. The molecule has 0 aromatic heterocycles. The van der Waals surface area contributed by atoms with Crippen molar-refractivity contribution in [1.29, 1.82) is 0 Å². The van der Waals surface area contributed by atoms with Gasteiger partial charge in [0.15, 0.2) is 0 Å². The van der Waals surface area contributed by atoms with E-state index in [9.17, 15) is 4.79 Å². The predicted octanol–water partition coefficient (Wildman–Crippen LogP) is 1.95. The van der Waals surface area contributed by atoms with E-state index in [2.05, 4.69) is 0 Å². The normalized spacial score (nSPS) is 13.3. The molecule has 0 spiro atoms. The highest BCUT2D eigenvalue weighted by molar-refractivity contribution is 5.75. The van der Waals surface area contributed by atoms with Gasteiger partial charge in [-0.05, 0) is 36.3 Å². The fourth-order valence-electron chi connectivity index (χ4n) is 1.24. The number of carbonyl (C=O) groups excluding carboxylic acids is 1. The molecule has 1 aliphatic rings. The van der Waals surface area contributed by atoms with Crippen molar-refractivity contribution in [2.24, 2.45) is 0 Å². The molecule has 1 aromatic carbocycles. The average molecular weight is 160 g/mol. The van der Waals surface area contributed by atoms with Gasteiger partial charge < -0.3 is 4.74 Å². The summed E-state index contributed by atoms with van der Waals surface area (Å²) in [5, 5.41) is 0. The van der Waals surface area contributed by atoms with E-state index in [4.69, 9.17) is 4.74 Å². The first-order valence-electron chi connectivity index (χ1n) is 3.80. The minimum Gasteiger partial charge on any atom is -0.465 e. The molecule has 0 radical (unpaired) electrons. The van der Waals surface area contributed by atoms with Gasteiger partial charge in [-0.25, -0.2) is 0 Å². The van der Waals surface area contributed by atoms with Crippen LogP contribution in [0.25, 0.3) is 0 Å². The molecular formula is C10H8O2. The van der Waals surface area contributed by atoms with Gasteiger partial charge in [0.05, 0.1) is 6.26 Å². The van der Waals surface area contributed by atoms with Gasteiger partial charge in [-0.3, -0.25) is 4.79 Å². The molecule has 2 nitrogen and oxygen atoms in total. The second-order valence-electron chi connectivity index (χ2n) is 2.68. The predicted molar refractivity (Wildman–Crippen MR) is 45.3 cm³/mol. The number of ether oxygens (including phenoxy) is 1. The number of allylic oxidation sites excluding steroid dienone is 1. The zero-order valence-electron chi connectivity index (χ0n) is 6.49. The molecule has 0 bridgehead atoms. The van der Waals surface area contributed by atoms with Gasteiger partial charge in [-0.1, -0.05) is 0 Å². The Balaban J connectivity index is 2.46. The number of benzene rings is 1. The van der Waals surface area contributed by atoms with E-state index in [1.165, 1.54) is 0 Å². The van der Waals surface area contributed by atoms with Crippen LogP contribution in [0.5, 0.6) is 5.75 Å². The second-order valence-corrected chi connectivity index (χ2v) is 2.68. The summed E-state index contributed by atoms with van der Waals surface area (Å²) in [6.07, 6.45) is 5.29. The van der Waals surface area contributed by atoms with Gasteiger partial charge in [0.25, 0.3) is 0 Å². The molecule has 0 N–H and O–H groups in total. The van der Waals surface area contributed by atoms with Crippen LogP contribution in [0.3, 0.4) is 0 Å². The molecule has 12 heavy (non-hydrogen) atoms. The van der Waals surface area contributed by atoms with Crippen molar-refractivity contribution in [3.8, 4) is 5.75 Å². The molecule has 1 heterocycles. The first-order valence-corrected chi connectivity index (χ1v) is 3.80. The lowest BCUT2D eigenvalue weighted by atomic mass is 10.1. The van der Waals surface area contributed by atoms with E-state index in [0.717, 1.165) is 24.0 Å². The van der Waals surface area contributed by atoms with E-state index >= 15 is 0 Å². The Bertz CT molecular complexity index is 340. The van der Waals surface area contributed by atoms with Gasteiger partial charge >= 0.3 is 0 Å². The fraction of sp³-hybridized carbons (Fsp3) is 0.100. The molecule has 0 saturated carbocycles. The number of aldehydes is 1. The van der Waals surface area contributed by atoms with Crippen LogP contribution in [0.15, 0.2) is 30.5 Å². The monoisotopic (exact) mass is 160 g/mol. The number of carbonyl (C=O) groups is 1. The molecule has 2 rings (SSSR count). The van der Waals surface area contributed by atoms with Crippen molar-refractivity contribution < 1.29 is 9.53 Å². The standard InChI is InChI=1S/C10H8O2/c11-7-8-3-4-10-9(6-8)2-1-5-12-10/h1,3-7H,2H2. The zero-order valence-corrected chi connectivity index (χ0v) is 6.49. The maximum atomic E-state index is 10.4. The van der Waals surface area contributed by atoms with Crippen molar-refractivity contribution >= 4 is 6.29 Å². The molecule has 0 atom stereocenters. The summed E-state index contributed by atoms with van der Waals surface area (Å²) in [7, 11) is 0. The third-order valence-corrected chi connectivity index (χ3v) is 1.85. The van der Waals surface area contributed by atoms with Crippen LogP contribution in [0.4, 0.5) is 0 Å². The molecule has 1 aliphatic heterocycles. The smallest absolute Gasteiger partial charge is 0.150 e. The van der Waals surface area contributed by atoms with Gasteiger partial charge in [0.2, 0.25) is 0 Å². The molecule has 0 amide bonds. The highest BCUT2D eigenvalue weighted by atomic mass is 16.5. The average Bonchev–Trinajstić information content (AvgIpc) is 2.17. The molecule has 0 unspecified atom stereocenters. The van der Waals surface area contributed by atoms with Crippen LogP contribution < -0.4 is 4.74 Å². The quantitative estimate of drug-likeness (QED) is 0.587. The Morgan fingerprint density at radius 3 is 3.17 bits per heavy atom. The summed E-state index contributed by atoms with van der Waals surface area (Å²) in [6, 6.07) is 5.43. The van der Waals surface area contributed by atoms with E-state index < -0.39 is 0 Å². The number of rotatable bonds is 1. The van der Waals surface area contributed by atoms with Gasteiger partial charge in [-0.2, -0.15) is 0 Å². The first-order chi connectivity index (χ1) is 5.90. The lowest BCUT2D eigenvalue weighted by Gasteiger charge is -2.10. The molecule has 0 saturated heterocycles. The Morgan fingerprint density at radius 1 is 1.42 bits per heavy atom. The van der Waals surface area contributed by atoms with Gasteiger partial charge in [0.1, 0.15) is 12.0 Å². The van der Waals surface area contributed by atoms with Crippen LogP contribution in [0.2, 0.25) is 0 Å². The fourth-order valence-corrected chi connectivity index (χ4v) is 1.24. The largest absolute Gasteiger partial charge is 0.465 e. The van der Waals surface area contributed by atoms with E-state index in [1.54, 1.807) is 12.3 Å². The SMILES string of the molecule is O=Cc1ccc2c(c1)CC=CO2. The maximum Gasteiger partial charge on any atom is 0.150 e. The Labute approximate surface area is 70.5 Å². The highest BCUT2D eigenvalue weighted by Crippen LogP contribution is 2.23. The Morgan fingerprint density at radius 2 is 2.33 bits per heavy atom. The lowest BCUT2D eigenvalue weighted by molar-refractivity contribution is 0.112. The van der Waals surface area contributed by atoms with Crippen molar-refractivity contribution in [3.05, 3.63) is 41.7 Å². The molecule has 2 heteroatoms. The van der Waals surface area contributed by atoms with Crippen LogP contribution in [-0.2, 0) is 6.42 Å². The van der Waals surface area contributed by atoms with Crippen molar-refractivity contribution in [2.75, 3.05) is 0 Å². The third-order valence-electron chi connectivity index (χ3n) is 1.85. The molecule has 0 fully saturated rings. The topological polar surface area (TPSA) is 26.3 Å². The summed E-state index contributed by atoms with van der Waals surface area (Å²) >= 11 is 0. The first kappa shape index (κ1) is 7.10. The molecule has 60 valence electrons. The van der Waals surface area contributed by atoms with Crippen LogP contribution >= 0.6 is 0 Å². The van der Waals surface area contributed by atoms with Crippen LogP contribution in [0, 0.1) is 0 Å². The van der Waals surface area contributed by atoms with E-state index in [0.29, 0.717) is 5.56 Å². The molecular weight excluding hydrogens is 152 g/mol.